The van der Waals surface area contributed by atoms with Crippen molar-refractivity contribution in [2.75, 3.05) is 18.4 Å². The van der Waals surface area contributed by atoms with E-state index in [2.05, 4.69) is 55.4 Å². The summed E-state index contributed by atoms with van der Waals surface area (Å²) in [5, 5.41) is 0. The second kappa shape index (κ2) is 5.39. The van der Waals surface area contributed by atoms with Crippen LogP contribution in [0.1, 0.15) is 17.1 Å². The SMILES string of the molecule is C[B]Cc1nc2c(c(N(C)C[B]C)n1)C=CC2. The van der Waals surface area contributed by atoms with Crippen molar-refractivity contribution < 1.29 is 0 Å². The monoisotopic (exact) mass is 225 g/mol. The van der Waals surface area contributed by atoms with Crippen LogP contribution >= 0.6 is 0 Å². The highest BCUT2D eigenvalue weighted by atomic mass is 15.2. The molecule has 86 valence electrons. The normalized spacial score (nSPS) is 12.4. The molecule has 0 bridgehead atoms. The zero-order valence-electron chi connectivity index (χ0n) is 10.8. The third kappa shape index (κ3) is 2.54. The molecule has 0 spiro atoms. The van der Waals surface area contributed by atoms with Crippen LogP contribution in [0.2, 0.25) is 13.6 Å². The van der Waals surface area contributed by atoms with Crippen molar-refractivity contribution >= 4 is 26.5 Å². The zero-order chi connectivity index (χ0) is 12.3. The van der Waals surface area contributed by atoms with E-state index in [4.69, 9.17) is 0 Å². The molecule has 0 aromatic carbocycles. The lowest BCUT2D eigenvalue weighted by atomic mass is 9.78. The van der Waals surface area contributed by atoms with Crippen LogP contribution in [-0.4, -0.2) is 38.0 Å². The molecule has 0 atom stereocenters. The van der Waals surface area contributed by atoms with Gasteiger partial charge in [0.15, 0.2) is 0 Å². The predicted octanol–water partition coefficient (Wildman–Crippen LogP) is 1.44. The van der Waals surface area contributed by atoms with E-state index in [0.717, 1.165) is 36.5 Å². The average Bonchev–Trinajstić information content (AvgIpc) is 2.76. The van der Waals surface area contributed by atoms with E-state index >= 15 is 0 Å². The maximum Gasteiger partial charge on any atom is 0.138 e. The number of fused-ring (bicyclic) bond motifs is 1. The van der Waals surface area contributed by atoms with Gasteiger partial charge in [0, 0.05) is 19.0 Å². The number of nitrogens with zero attached hydrogens (tertiary/aromatic N) is 3. The topological polar surface area (TPSA) is 29.0 Å². The summed E-state index contributed by atoms with van der Waals surface area (Å²) in [5.41, 5.74) is 2.35. The molecule has 5 heteroatoms. The summed E-state index contributed by atoms with van der Waals surface area (Å²) >= 11 is 0. The molecule has 0 fully saturated rings. The van der Waals surface area contributed by atoms with Gasteiger partial charge in [0.25, 0.3) is 0 Å². The van der Waals surface area contributed by atoms with Crippen LogP contribution in [-0.2, 0) is 12.7 Å². The first-order chi connectivity index (χ1) is 8.26. The van der Waals surface area contributed by atoms with Gasteiger partial charge < -0.3 is 4.90 Å². The van der Waals surface area contributed by atoms with Crippen LogP contribution in [0, 0.1) is 0 Å². The van der Waals surface area contributed by atoms with Gasteiger partial charge in [-0.3, -0.25) is 0 Å². The highest BCUT2D eigenvalue weighted by Crippen LogP contribution is 2.26. The third-order valence-corrected chi connectivity index (χ3v) is 2.85. The van der Waals surface area contributed by atoms with Crippen LogP contribution in [0.5, 0.6) is 0 Å². The summed E-state index contributed by atoms with van der Waals surface area (Å²) in [6, 6.07) is 0. The fraction of sp³-hybridized carbons (Fsp3) is 0.500. The van der Waals surface area contributed by atoms with Crippen molar-refractivity contribution in [3.63, 3.8) is 0 Å². The number of allylic oxidation sites excluding steroid dienone is 1. The minimum absolute atomic E-state index is 0.837. The molecule has 0 saturated carbocycles. The lowest BCUT2D eigenvalue weighted by Gasteiger charge is -2.20. The Morgan fingerprint density at radius 2 is 2.12 bits per heavy atom. The average molecular weight is 225 g/mol. The Labute approximate surface area is 105 Å². The molecule has 2 radical (unpaired) electrons. The second-order valence-corrected chi connectivity index (χ2v) is 4.33. The van der Waals surface area contributed by atoms with E-state index in [1.807, 2.05) is 6.82 Å². The number of anilines is 1. The van der Waals surface area contributed by atoms with Gasteiger partial charge in [-0.15, -0.1) is 0 Å². The smallest absolute Gasteiger partial charge is 0.138 e. The highest BCUT2D eigenvalue weighted by Gasteiger charge is 2.17. The van der Waals surface area contributed by atoms with E-state index in [-0.39, 0.29) is 0 Å². The number of rotatable bonds is 5. The van der Waals surface area contributed by atoms with E-state index in [1.165, 1.54) is 5.56 Å². The van der Waals surface area contributed by atoms with Crippen molar-refractivity contribution in [2.45, 2.75) is 26.4 Å². The summed E-state index contributed by atoms with van der Waals surface area (Å²) in [6.07, 6.45) is 6.98. The van der Waals surface area contributed by atoms with Crippen molar-refractivity contribution in [1.82, 2.24) is 9.97 Å². The third-order valence-electron chi connectivity index (χ3n) is 2.85. The largest absolute Gasteiger partial charge is 0.367 e. The zero-order valence-corrected chi connectivity index (χ0v) is 10.8. The second-order valence-electron chi connectivity index (χ2n) is 4.33. The lowest BCUT2D eigenvalue weighted by Crippen LogP contribution is -2.25. The Morgan fingerprint density at radius 1 is 1.29 bits per heavy atom. The van der Waals surface area contributed by atoms with E-state index in [1.54, 1.807) is 0 Å². The molecular weight excluding hydrogens is 208 g/mol. The quantitative estimate of drug-likeness (QED) is 0.710. The summed E-state index contributed by atoms with van der Waals surface area (Å²) in [7, 11) is 6.31. The van der Waals surface area contributed by atoms with Gasteiger partial charge in [-0.05, 0) is 12.8 Å². The molecule has 3 nitrogen and oxygen atoms in total. The van der Waals surface area contributed by atoms with E-state index < -0.39 is 0 Å². The summed E-state index contributed by atoms with van der Waals surface area (Å²) in [6.45, 7) is 4.10. The van der Waals surface area contributed by atoms with Crippen molar-refractivity contribution in [1.29, 1.82) is 0 Å². The number of aromatic nitrogens is 2. The maximum absolute atomic E-state index is 4.66. The summed E-state index contributed by atoms with van der Waals surface area (Å²) in [4.78, 5) is 11.4. The molecule has 2 rings (SSSR count). The van der Waals surface area contributed by atoms with Gasteiger partial charge in [0.1, 0.15) is 26.2 Å². The fourth-order valence-corrected chi connectivity index (χ4v) is 2.09. The molecular formula is C12H17B2N3. The van der Waals surface area contributed by atoms with Crippen LogP contribution in [0.15, 0.2) is 6.08 Å². The molecule has 1 aromatic heterocycles. The standard InChI is InChI=1S/C12H17B2N3/c1-13-7-11-15-10-6-4-5-9(10)12(16-11)17(3)8-14-2/h4-5H,6-8H2,1-3H3. The lowest BCUT2D eigenvalue weighted by molar-refractivity contribution is 0.924. The Morgan fingerprint density at radius 3 is 2.82 bits per heavy atom. The molecule has 1 aliphatic rings. The first kappa shape index (κ1) is 12.2. The molecule has 0 aliphatic heterocycles. The van der Waals surface area contributed by atoms with Crippen molar-refractivity contribution in [3.05, 3.63) is 23.2 Å². The molecule has 17 heavy (non-hydrogen) atoms. The van der Waals surface area contributed by atoms with E-state index in [0.29, 0.717) is 0 Å². The Balaban J connectivity index is 2.37. The Hall–Kier alpha value is -1.25. The number of hydrogen-bond acceptors (Lipinski definition) is 3. The van der Waals surface area contributed by atoms with Gasteiger partial charge >= 0.3 is 0 Å². The maximum atomic E-state index is 4.66. The molecule has 0 unspecified atom stereocenters. The Kier molecular flexibility index (Phi) is 3.87. The van der Waals surface area contributed by atoms with Crippen LogP contribution in [0.25, 0.3) is 6.08 Å². The van der Waals surface area contributed by atoms with Crippen molar-refractivity contribution in [3.8, 4) is 0 Å². The Bertz CT molecular complexity index is 432. The highest BCUT2D eigenvalue weighted by molar-refractivity contribution is 6.34. The first-order valence-electron chi connectivity index (χ1n) is 6.09. The molecule has 0 amide bonds. The van der Waals surface area contributed by atoms with Gasteiger partial charge in [-0.2, -0.15) is 0 Å². The number of hydrogen-bond donors (Lipinski definition) is 0. The van der Waals surface area contributed by atoms with Crippen molar-refractivity contribution in [2.24, 2.45) is 0 Å². The van der Waals surface area contributed by atoms with Gasteiger partial charge in [-0.1, -0.05) is 25.8 Å². The van der Waals surface area contributed by atoms with Crippen LogP contribution in [0.3, 0.4) is 0 Å². The predicted molar refractivity (Wildman–Crippen MR) is 75.0 cm³/mol. The fourth-order valence-electron chi connectivity index (χ4n) is 2.09. The molecule has 1 heterocycles. The summed E-state index contributed by atoms with van der Waals surface area (Å²) < 4.78 is 0. The van der Waals surface area contributed by atoms with Gasteiger partial charge in [-0.25, -0.2) is 9.97 Å². The van der Waals surface area contributed by atoms with Crippen LogP contribution < -0.4 is 4.90 Å². The minimum Gasteiger partial charge on any atom is -0.367 e. The molecule has 0 N–H and O–H groups in total. The molecule has 1 aliphatic carbocycles. The first-order valence-corrected chi connectivity index (χ1v) is 6.09. The van der Waals surface area contributed by atoms with E-state index in [9.17, 15) is 0 Å². The minimum atomic E-state index is 0.837. The summed E-state index contributed by atoms with van der Waals surface area (Å²) in [5.74, 6) is 1.98. The van der Waals surface area contributed by atoms with Gasteiger partial charge in [0.05, 0.1) is 5.69 Å². The molecule has 1 aromatic rings. The van der Waals surface area contributed by atoms with Gasteiger partial charge in [0.2, 0.25) is 0 Å². The molecule has 0 saturated heterocycles. The van der Waals surface area contributed by atoms with Crippen LogP contribution in [0.4, 0.5) is 5.82 Å².